The number of benzene rings is 1. The van der Waals surface area contributed by atoms with Crippen LogP contribution in [0.25, 0.3) is 0 Å². The Morgan fingerprint density at radius 1 is 1.40 bits per heavy atom. The molecule has 0 spiro atoms. The van der Waals surface area contributed by atoms with Crippen LogP contribution in [0.15, 0.2) is 24.3 Å². The first-order valence-corrected chi connectivity index (χ1v) is 7.39. The third-order valence-electron chi connectivity index (χ3n) is 3.83. The molecule has 1 fully saturated rings. The van der Waals surface area contributed by atoms with E-state index in [0.29, 0.717) is 25.6 Å². The predicted molar refractivity (Wildman–Crippen MR) is 80.5 cm³/mol. The standard InChI is InChI=1S/C16H24N2O2/c1-3-9-18(14-6-4-13(11-17)5-7-14)16(19)15-12(2)8-10-20-15/h4-7,12,15H,3,8-11,17H2,1-2H3. The first-order valence-electron chi connectivity index (χ1n) is 7.39. The Hall–Kier alpha value is -1.39. The lowest BCUT2D eigenvalue weighted by Crippen LogP contribution is -2.41. The highest BCUT2D eigenvalue weighted by atomic mass is 16.5. The fraction of sp³-hybridized carbons (Fsp3) is 0.562. The number of amides is 1. The molecule has 1 aliphatic heterocycles. The summed E-state index contributed by atoms with van der Waals surface area (Å²) in [5.74, 6) is 0.377. The Morgan fingerprint density at radius 2 is 2.10 bits per heavy atom. The van der Waals surface area contributed by atoms with Gasteiger partial charge in [0.1, 0.15) is 6.10 Å². The van der Waals surface area contributed by atoms with Crippen LogP contribution >= 0.6 is 0 Å². The van der Waals surface area contributed by atoms with Gasteiger partial charge in [-0.05, 0) is 36.5 Å². The van der Waals surface area contributed by atoms with Gasteiger partial charge < -0.3 is 15.4 Å². The highest BCUT2D eigenvalue weighted by Gasteiger charge is 2.34. The Balaban J connectivity index is 2.18. The van der Waals surface area contributed by atoms with Crippen LogP contribution in [0.1, 0.15) is 32.3 Å². The maximum Gasteiger partial charge on any atom is 0.256 e. The highest BCUT2D eigenvalue weighted by Crippen LogP contribution is 2.25. The van der Waals surface area contributed by atoms with Gasteiger partial charge in [-0.1, -0.05) is 26.0 Å². The Morgan fingerprint density at radius 3 is 2.60 bits per heavy atom. The summed E-state index contributed by atoms with van der Waals surface area (Å²) in [5, 5.41) is 0. The molecule has 0 aliphatic carbocycles. The fourth-order valence-electron chi connectivity index (χ4n) is 2.57. The largest absolute Gasteiger partial charge is 0.368 e. The van der Waals surface area contributed by atoms with Crippen molar-refractivity contribution in [3.05, 3.63) is 29.8 Å². The van der Waals surface area contributed by atoms with Gasteiger partial charge in [-0.15, -0.1) is 0 Å². The average Bonchev–Trinajstić information content (AvgIpc) is 2.90. The van der Waals surface area contributed by atoms with E-state index in [-0.39, 0.29) is 12.0 Å². The monoisotopic (exact) mass is 276 g/mol. The molecule has 1 aromatic rings. The quantitative estimate of drug-likeness (QED) is 0.898. The van der Waals surface area contributed by atoms with E-state index in [2.05, 4.69) is 13.8 Å². The topological polar surface area (TPSA) is 55.6 Å². The minimum Gasteiger partial charge on any atom is -0.368 e. The van der Waals surface area contributed by atoms with E-state index in [1.165, 1.54) is 0 Å². The number of hydrogen-bond acceptors (Lipinski definition) is 3. The van der Waals surface area contributed by atoms with Gasteiger partial charge in [0, 0.05) is 25.4 Å². The molecule has 1 amide bonds. The summed E-state index contributed by atoms with van der Waals surface area (Å²) < 4.78 is 5.61. The van der Waals surface area contributed by atoms with E-state index in [1.807, 2.05) is 29.2 Å². The third kappa shape index (κ3) is 3.19. The number of nitrogens with two attached hydrogens (primary N) is 1. The summed E-state index contributed by atoms with van der Waals surface area (Å²) in [4.78, 5) is 14.5. The van der Waals surface area contributed by atoms with Crippen LogP contribution in [-0.2, 0) is 16.1 Å². The second-order valence-corrected chi connectivity index (χ2v) is 5.42. The highest BCUT2D eigenvalue weighted by molar-refractivity contribution is 5.96. The van der Waals surface area contributed by atoms with Crippen LogP contribution < -0.4 is 10.6 Å². The second-order valence-electron chi connectivity index (χ2n) is 5.42. The van der Waals surface area contributed by atoms with Crippen molar-refractivity contribution in [3.8, 4) is 0 Å². The number of nitrogens with zero attached hydrogens (tertiary/aromatic N) is 1. The predicted octanol–water partition coefficient (Wildman–Crippen LogP) is 2.31. The van der Waals surface area contributed by atoms with Crippen molar-refractivity contribution in [2.75, 3.05) is 18.1 Å². The number of anilines is 1. The molecule has 110 valence electrons. The van der Waals surface area contributed by atoms with Crippen molar-refractivity contribution in [2.45, 2.75) is 39.3 Å². The lowest BCUT2D eigenvalue weighted by molar-refractivity contribution is -0.128. The van der Waals surface area contributed by atoms with Gasteiger partial charge >= 0.3 is 0 Å². The summed E-state index contributed by atoms with van der Waals surface area (Å²) in [5.41, 5.74) is 7.61. The summed E-state index contributed by atoms with van der Waals surface area (Å²) >= 11 is 0. The van der Waals surface area contributed by atoms with Gasteiger partial charge in [-0.3, -0.25) is 4.79 Å². The molecule has 0 radical (unpaired) electrons. The van der Waals surface area contributed by atoms with Crippen LogP contribution in [0.4, 0.5) is 5.69 Å². The van der Waals surface area contributed by atoms with Gasteiger partial charge in [0.2, 0.25) is 0 Å². The molecule has 0 saturated carbocycles. The van der Waals surface area contributed by atoms with Crippen LogP contribution in [-0.4, -0.2) is 25.2 Å². The Bertz CT molecular complexity index is 444. The second kappa shape index (κ2) is 6.86. The average molecular weight is 276 g/mol. The van der Waals surface area contributed by atoms with Crippen LogP contribution in [0, 0.1) is 5.92 Å². The lowest BCUT2D eigenvalue weighted by atomic mass is 10.0. The van der Waals surface area contributed by atoms with Gasteiger partial charge in [-0.25, -0.2) is 0 Å². The van der Waals surface area contributed by atoms with Crippen molar-refractivity contribution >= 4 is 11.6 Å². The molecule has 4 heteroatoms. The van der Waals surface area contributed by atoms with E-state index in [4.69, 9.17) is 10.5 Å². The Kier molecular flexibility index (Phi) is 5.15. The number of rotatable bonds is 5. The van der Waals surface area contributed by atoms with Crippen molar-refractivity contribution < 1.29 is 9.53 Å². The van der Waals surface area contributed by atoms with Crippen molar-refractivity contribution in [3.63, 3.8) is 0 Å². The SMILES string of the molecule is CCCN(C(=O)C1OCCC1C)c1ccc(CN)cc1. The van der Waals surface area contributed by atoms with Crippen LogP contribution in [0.5, 0.6) is 0 Å². The molecule has 1 heterocycles. The maximum absolute atomic E-state index is 12.7. The van der Waals surface area contributed by atoms with Crippen molar-refractivity contribution in [2.24, 2.45) is 11.7 Å². The molecule has 1 aromatic carbocycles. The third-order valence-corrected chi connectivity index (χ3v) is 3.83. The molecule has 2 rings (SSSR count). The van der Waals surface area contributed by atoms with E-state index in [1.54, 1.807) is 0 Å². The first-order chi connectivity index (χ1) is 9.67. The number of carbonyl (C=O) groups excluding carboxylic acids is 1. The molecule has 20 heavy (non-hydrogen) atoms. The van der Waals surface area contributed by atoms with Gasteiger partial charge in [0.05, 0.1) is 0 Å². The summed E-state index contributed by atoms with van der Waals surface area (Å²) in [6.45, 7) is 6.08. The normalized spacial score (nSPS) is 21.9. The van der Waals surface area contributed by atoms with Crippen LogP contribution in [0.3, 0.4) is 0 Å². The molecule has 0 bridgehead atoms. The molecule has 2 N–H and O–H groups in total. The van der Waals surface area contributed by atoms with Crippen molar-refractivity contribution in [1.29, 1.82) is 0 Å². The van der Waals surface area contributed by atoms with E-state index < -0.39 is 0 Å². The minimum atomic E-state index is -0.296. The Labute approximate surface area is 120 Å². The number of hydrogen-bond donors (Lipinski definition) is 1. The zero-order valence-corrected chi connectivity index (χ0v) is 12.3. The summed E-state index contributed by atoms with van der Waals surface area (Å²) in [6, 6.07) is 7.89. The van der Waals surface area contributed by atoms with Gasteiger partial charge in [-0.2, -0.15) is 0 Å². The lowest BCUT2D eigenvalue weighted by Gasteiger charge is -2.26. The van der Waals surface area contributed by atoms with E-state index >= 15 is 0 Å². The van der Waals surface area contributed by atoms with E-state index in [9.17, 15) is 4.79 Å². The first kappa shape index (κ1) is 15.0. The molecule has 1 aliphatic rings. The fourth-order valence-corrected chi connectivity index (χ4v) is 2.57. The minimum absolute atomic E-state index is 0.0809. The van der Waals surface area contributed by atoms with Gasteiger partial charge in [0.25, 0.3) is 5.91 Å². The summed E-state index contributed by atoms with van der Waals surface area (Å²) in [7, 11) is 0. The number of carbonyl (C=O) groups is 1. The molecule has 4 nitrogen and oxygen atoms in total. The maximum atomic E-state index is 12.7. The number of ether oxygens (including phenoxy) is 1. The smallest absolute Gasteiger partial charge is 0.256 e. The molecular formula is C16H24N2O2. The molecule has 2 atom stereocenters. The summed E-state index contributed by atoms with van der Waals surface area (Å²) in [6.07, 6.45) is 1.59. The van der Waals surface area contributed by atoms with Crippen LogP contribution in [0.2, 0.25) is 0 Å². The molecule has 0 aromatic heterocycles. The zero-order chi connectivity index (χ0) is 14.5. The zero-order valence-electron chi connectivity index (χ0n) is 12.3. The molecule has 1 saturated heterocycles. The molecular weight excluding hydrogens is 252 g/mol. The molecule has 2 unspecified atom stereocenters. The van der Waals surface area contributed by atoms with Crippen molar-refractivity contribution in [1.82, 2.24) is 0 Å². The van der Waals surface area contributed by atoms with E-state index in [0.717, 1.165) is 24.1 Å². The van der Waals surface area contributed by atoms with Gasteiger partial charge in [0.15, 0.2) is 0 Å².